The van der Waals surface area contributed by atoms with Crippen molar-refractivity contribution in [2.24, 2.45) is 5.92 Å². The van der Waals surface area contributed by atoms with E-state index < -0.39 is 12.3 Å². The van der Waals surface area contributed by atoms with Gasteiger partial charge in [-0.15, -0.1) is 0 Å². The minimum Gasteiger partial charge on any atom is -0.450 e. The van der Waals surface area contributed by atoms with Crippen LogP contribution in [0.3, 0.4) is 0 Å². The summed E-state index contributed by atoms with van der Waals surface area (Å²) in [4.78, 5) is 10.9. The largest absolute Gasteiger partial charge is 0.505 e. The molecule has 1 saturated heterocycles. The molecule has 1 aliphatic heterocycles. The first kappa shape index (κ1) is 30.9. The Hall–Kier alpha value is -1.11. The Morgan fingerprint density at radius 1 is 0.971 bits per heavy atom. The lowest BCUT2D eigenvalue weighted by Gasteiger charge is -2.31. The summed E-state index contributed by atoms with van der Waals surface area (Å²) in [5, 5.41) is 20.0. The van der Waals surface area contributed by atoms with Gasteiger partial charge < -0.3 is 24.4 Å². The quantitative estimate of drug-likeness (QED) is 0.0989. The first-order valence-electron chi connectivity index (χ1n) is 14.0. The molecule has 0 aromatic heterocycles. The fourth-order valence-corrected chi connectivity index (χ4v) is 4.52. The number of carboxylic acid groups (broad SMARTS) is 1. The highest BCUT2D eigenvalue weighted by atomic mass is 16.7. The highest BCUT2D eigenvalue weighted by molar-refractivity contribution is 5.56. The standard InChI is InChI=1S/C28H52O6/c1-3-5-7-9-10-11-12-13-15-19-25(34-27-20-16-17-21-32-27)22-26(29)24(23-33-28(30)31)18-14-8-6-4-2/h12-13,24-27,29H,3-11,14-23H2,1-2H3,(H,30,31)/b13-12-/t24?,25?,26?,27-/m1/s1. The normalized spacial score (nSPS) is 19.2. The number of aliphatic hydroxyl groups excluding tert-OH is 1. The van der Waals surface area contributed by atoms with Gasteiger partial charge in [-0.05, 0) is 51.4 Å². The first-order chi connectivity index (χ1) is 16.6. The van der Waals surface area contributed by atoms with E-state index in [2.05, 4.69) is 26.0 Å². The Balaban J connectivity index is 2.56. The molecule has 34 heavy (non-hydrogen) atoms. The van der Waals surface area contributed by atoms with Crippen LogP contribution in [0.5, 0.6) is 0 Å². The Morgan fingerprint density at radius 2 is 1.68 bits per heavy atom. The summed E-state index contributed by atoms with van der Waals surface area (Å²) in [6.45, 7) is 5.16. The van der Waals surface area contributed by atoms with Crippen LogP contribution in [0.4, 0.5) is 4.79 Å². The van der Waals surface area contributed by atoms with Gasteiger partial charge in [-0.25, -0.2) is 4.79 Å². The lowest BCUT2D eigenvalue weighted by atomic mass is 9.91. The number of aliphatic hydroxyl groups is 1. The SMILES string of the molecule is CCCCCCC/C=C\CCC(CC(O)C(CCCCCC)COC(=O)O)O[C@@H]1CCCCO1. The predicted octanol–water partition coefficient (Wildman–Crippen LogP) is 7.63. The average Bonchev–Trinajstić information content (AvgIpc) is 2.82. The lowest BCUT2D eigenvalue weighted by molar-refractivity contribution is -0.195. The van der Waals surface area contributed by atoms with E-state index in [1.165, 1.54) is 32.1 Å². The minimum absolute atomic E-state index is 0.0349. The van der Waals surface area contributed by atoms with E-state index in [9.17, 15) is 9.90 Å². The summed E-state index contributed by atoms with van der Waals surface area (Å²) in [5.41, 5.74) is 0. The van der Waals surface area contributed by atoms with Gasteiger partial charge in [0.25, 0.3) is 0 Å². The van der Waals surface area contributed by atoms with Gasteiger partial charge in [-0.3, -0.25) is 0 Å². The lowest BCUT2D eigenvalue weighted by Crippen LogP contribution is -2.34. The maximum absolute atomic E-state index is 11.0. The Morgan fingerprint density at radius 3 is 2.35 bits per heavy atom. The maximum atomic E-state index is 11.0. The number of rotatable bonds is 21. The van der Waals surface area contributed by atoms with E-state index in [4.69, 9.17) is 19.3 Å². The second kappa shape index (κ2) is 21.2. The third-order valence-electron chi connectivity index (χ3n) is 6.68. The molecule has 0 bridgehead atoms. The number of allylic oxidation sites excluding steroid dienone is 2. The molecule has 0 aliphatic carbocycles. The van der Waals surface area contributed by atoms with E-state index in [0.29, 0.717) is 6.42 Å². The number of carbonyl (C=O) groups is 1. The molecule has 200 valence electrons. The number of hydrogen-bond acceptors (Lipinski definition) is 5. The zero-order chi connectivity index (χ0) is 24.9. The highest BCUT2D eigenvalue weighted by Gasteiger charge is 2.27. The molecule has 6 heteroatoms. The number of ether oxygens (including phenoxy) is 3. The molecule has 2 N–H and O–H groups in total. The summed E-state index contributed by atoms with van der Waals surface area (Å²) in [6.07, 6.45) is 20.2. The topological polar surface area (TPSA) is 85.2 Å². The second-order valence-electron chi connectivity index (χ2n) is 9.80. The zero-order valence-corrected chi connectivity index (χ0v) is 21.9. The van der Waals surface area contributed by atoms with Crippen LogP contribution in [-0.2, 0) is 14.2 Å². The molecule has 0 saturated carbocycles. The molecule has 3 unspecified atom stereocenters. The number of unbranched alkanes of at least 4 members (excludes halogenated alkanes) is 8. The molecule has 1 heterocycles. The molecule has 4 atom stereocenters. The molecule has 1 rings (SSSR count). The Bertz CT molecular complexity index is 503. The predicted molar refractivity (Wildman–Crippen MR) is 137 cm³/mol. The molecular weight excluding hydrogens is 432 g/mol. The summed E-state index contributed by atoms with van der Waals surface area (Å²) >= 11 is 0. The fraction of sp³-hybridized carbons (Fsp3) is 0.893. The van der Waals surface area contributed by atoms with E-state index in [0.717, 1.165) is 77.2 Å². The van der Waals surface area contributed by atoms with Crippen molar-refractivity contribution in [2.75, 3.05) is 13.2 Å². The van der Waals surface area contributed by atoms with Crippen LogP contribution in [0.25, 0.3) is 0 Å². The van der Waals surface area contributed by atoms with Crippen molar-refractivity contribution in [3.63, 3.8) is 0 Å². The van der Waals surface area contributed by atoms with Crippen molar-refractivity contribution in [3.8, 4) is 0 Å². The molecule has 0 amide bonds. The molecule has 1 aliphatic rings. The molecule has 6 nitrogen and oxygen atoms in total. The van der Waals surface area contributed by atoms with Crippen molar-refractivity contribution >= 4 is 6.16 Å². The Kier molecular flexibility index (Phi) is 19.3. The van der Waals surface area contributed by atoms with Crippen LogP contribution in [-0.4, -0.2) is 48.1 Å². The average molecular weight is 485 g/mol. The van der Waals surface area contributed by atoms with E-state index in [1.807, 2.05) is 0 Å². The molecule has 1 fully saturated rings. The Labute approximate surface area is 208 Å². The van der Waals surface area contributed by atoms with Crippen molar-refractivity contribution in [2.45, 2.75) is 141 Å². The van der Waals surface area contributed by atoms with Gasteiger partial charge in [0.2, 0.25) is 0 Å². The van der Waals surface area contributed by atoms with E-state index in [1.54, 1.807) is 0 Å². The third-order valence-corrected chi connectivity index (χ3v) is 6.68. The molecule has 0 radical (unpaired) electrons. The molecule has 0 spiro atoms. The van der Waals surface area contributed by atoms with Gasteiger partial charge in [-0.2, -0.15) is 0 Å². The maximum Gasteiger partial charge on any atom is 0.505 e. The smallest absolute Gasteiger partial charge is 0.450 e. The second-order valence-corrected chi connectivity index (χ2v) is 9.80. The zero-order valence-electron chi connectivity index (χ0n) is 21.9. The summed E-state index contributed by atoms with van der Waals surface area (Å²) in [7, 11) is 0. The minimum atomic E-state index is -1.28. The van der Waals surface area contributed by atoms with E-state index >= 15 is 0 Å². The molecule has 0 aromatic rings. The number of hydrogen-bond donors (Lipinski definition) is 2. The van der Waals surface area contributed by atoms with Gasteiger partial charge in [0.05, 0.1) is 12.2 Å². The fourth-order valence-electron chi connectivity index (χ4n) is 4.52. The van der Waals surface area contributed by atoms with Crippen LogP contribution >= 0.6 is 0 Å². The third kappa shape index (κ3) is 16.5. The van der Waals surface area contributed by atoms with Crippen LogP contribution in [0.1, 0.15) is 123 Å². The van der Waals surface area contributed by atoms with Crippen molar-refractivity contribution in [3.05, 3.63) is 12.2 Å². The van der Waals surface area contributed by atoms with Crippen LogP contribution in [0.15, 0.2) is 12.2 Å². The summed E-state index contributed by atoms with van der Waals surface area (Å²) in [6, 6.07) is 0. The van der Waals surface area contributed by atoms with Gasteiger partial charge in [0.15, 0.2) is 6.29 Å². The first-order valence-corrected chi connectivity index (χ1v) is 14.0. The van der Waals surface area contributed by atoms with Gasteiger partial charge >= 0.3 is 6.16 Å². The molecule has 0 aromatic carbocycles. The van der Waals surface area contributed by atoms with Gasteiger partial charge in [-0.1, -0.05) is 77.4 Å². The van der Waals surface area contributed by atoms with Crippen molar-refractivity contribution in [1.29, 1.82) is 0 Å². The molecular formula is C28H52O6. The van der Waals surface area contributed by atoms with Crippen molar-refractivity contribution in [1.82, 2.24) is 0 Å². The van der Waals surface area contributed by atoms with Crippen LogP contribution < -0.4 is 0 Å². The van der Waals surface area contributed by atoms with Crippen molar-refractivity contribution < 1.29 is 29.2 Å². The van der Waals surface area contributed by atoms with Crippen LogP contribution in [0, 0.1) is 5.92 Å². The summed E-state index contributed by atoms with van der Waals surface area (Å²) in [5.74, 6) is -0.204. The van der Waals surface area contributed by atoms with E-state index in [-0.39, 0.29) is 24.9 Å². The van der Waals surface area contributed by atoms with Crippen LogP contribution in [0.2, 0.25) is 0 Å². The highest BCUT2D eigenvalue weighted by Crippen LogP contribution is 2.24. The monoisotopic (exact) mass is 484 g/mol. The summed E-state index contributed by atoms with van der Waals surface area (Å²) < 4.78 is 16.9. The van der Waals surface area contributed by atoms with Gasteiger partial charge in [0.1, 0.15) is 6.61 Å². The van der Waals surface area contributed by atoms with Gasteiger partial charge in [0, 0.05) is 18.9 Å².